The van der Waals surface area contributed by atoms with Crippen LogP contribution in [-0.2, 0) is 9.59 Å². The van der Waals surface area contributed by atoms with E-state index in [0.29, 0.717) is 6.54 Å². The summed E-state index contributed by atoms with van der Waals surface area (Å²) in [5, 5.41) is 2.85. The smallest absolute Gasteiger partial charge is 0.248 e. The summed E-state index contributed by atoms with van der Waals surface area (Å²) in [4.78, 5) is 26.7. The van der Waals surface area contributed by atoms with Gasteiger partial charge in [-0.2, -0.15) is 11.8 Å². The second kappa shape index (κ2) is 4.69. The first-order valence-corrected chi connectivity index (χ1v) is 8.13. The maximum atomic E-state index is 12.6. The fourth-order valence-electron chi connectivity index (χ4n) is 2.77. The zero-order valence-corrected chi connectivity index (χ0v) is 13.3. The van der Waals surface area contributed by atoms with Crippen molar-refractivity contribution in [3.63, 3.8) is 0 Å². The normalized spacial score (nSPS) is 28.5. The van der Waals surface area contributed by atoms with Gasteiger partial charge in [-0.1, -0.05) is 13.8 Å². The molecule has 5 heteroatoms. The number of carbonyl (C=O) groups is 2. The van der Waals surface area contributed by atoms with Crippen molar-refractivity contribution in [1.82, 2.24) is 10.2 Å². The van der Waals surface area contributed by atoms with E-state index in [9.17, 15) is 9.59 Å². The first-order valence-electron chi connectivity index (χ1n) is 6.91. The number of nitrogens with zero attached hydrogens (tertiary/aromatic N) is 1. The number of thioether (sulfide) groups is 1. The summed E-state index contributed by atoms with van der Waals surface area (Å²) in [6.07, 6.45) is 4.38. The molecule has 0 radical (unpaired) electrons. The van der Waals surface area contributed by atoms with Crippen molar-refractivity contribution in [2.45, 2.75) is 56.9 Å². The summed E-state index contributed by atoms with van der Waals surface area (Å²) in [5.74, 6) is 0.167. The average molecular weight is 284 g/mol. The van der Waals surface area contributed by atoms with E-state index >= 15 is 0 Å². The van der Waals surface area contributed by atoms with Gasteiger partial charge in [0.05, 0.1) is 0 Å². The molecule has 1 unspecified atom stereocenters. The van der Waals surface area contributed by atoms with Crippen LogP contribution in [0.15, 0.2) is 0 Å². The summed E-state index contributed by atoms with van der Waals surface area (Å²) in [6.45, 7) is 8.28. The summed E-state index contributed by atoms with van der Waals surface area (Å²) in [6, 6.07) is -0.329. The SMILES string of the molecule is CSC1(CN2C(=O)C(C)(C)NC(=O)C2C(C)C)CC1. The Kier molecular flexibility index (Phi) is 3.62. The molecule has 0 aromatic rings. The van der Waals surface area contributed by atoms with Gasteiger partial charge in [-0.3, -0.25) is 9.59 Å². The lowest BCUT2D eigenvalue weighted by molar-refractivity contribution is -0.155. The minimum absolute atomic E-state index is 0.0171. The van der Waals surface area contributed by atoms with Crippen LogP contribution >= 0.6 is 11.8 Å². The quantitative estimate of drug-likeness (QED) is 0.854. The molecule has 1 N–H and O–H groups in total. The van der Waals surface area contributed by atoms with E-state index < -0.39 is 5.54 Å². The van der Waals surface area contributed by atoms with E-state index in [4.69, 9.17) is 0 Å². The predicted molar refractivity (Wildman–Crippen MR) is 78.0 cm³/mol. The van der Waals surface area contributed by atoms with Crippen LogP contribution in [-0.4, -0.2) is 45.8 Å². The van der Waals surface area contributed by atoms with Crippen LogP contribution in [0.4, 0.5) is 0 Å². The van der Waals surface area contributed by atoms with E-state index in [2.05, 4.69) is 11.6 Å². The fraction of sp³-hybridized carbons (Fsp3) is 0.857. The third-order valence-electron chi connectivity index (χ3n) is 4.17. The molecular weight excluding hydrogens is 260 g/mol. The van der Waals surface area contributed by atoms with Crippen LogP contribution in [0, 0.1) is 5.92 Å². The number of rotatable bonds is 4. The molecule has 0 aromatic heterocycles. The van der Waals surface area contributed by atoms with Crippen molar-refractivity contribution in [1.29, 1.82) is 0 Å². The van der Waals surface area contributed by atoms with Crippen molar-refractivity contribution in [3.05, 3.63) is 0 Å². The van der Waals surface area contributed by atoms with Crippen LogP contribution in [0.3, 0.4) is 0 Å². The van der Waals surface area contributed by atoms with E-state index in [1.807, 2.05) is 30.5 Å². The van der Waals surface area contributed by atoms with E-state index in [-0.39, 0.29) is 28.5 Å². The van der Waals surface area contributed by atoms with Gasteiger partial charge in [0.1, 0.15) is 11.6 Å². The highest BCUT2D eigenvalue weighted by atomic mass is 32.2. The maximum Gasteiger partial charge on any atom is 0.248 e. The fourth-order valence-corrected chi connectivity index (χ4v) is 3.55. The highest BCUT2D eigenvalue weighted by molar-refractivity contribution is 8.00. The summed E-state index contributed by atoms with van der Waals surface area (Å²) in [5.41, 5.74) is -0.781. The molecule has 108 valence electrons. The van der Waals surface area contributed by atoms with E-state index in [0.717, 1.165) is 12.8 Å². The van der Waals surface area contributed by atoms with Crippen LogP contribution < -0.4 is 5.32 Å². The molecule has 1 atom stereocenters. The Morgan fingerprint density at radius 3 is 2.37 bits per heavy atom. The number of hydrogen-bond donors (Lipinski definition) is 1. The Balaban J connectivity index is 2.27. The van der Waals surface area contributed by atoms with Gasteiger partial charge in [0.15, 0.2) is 0 Å². The van der Waals surface area contributed by atoms with Crippen molar-refractivity contribution in [2.75, 3.05) is 12.8 Å². The second-order valence-electron chi connectivity index (χ2n) is 6.62. The summed E-state index contributed by atoms with van der Waals surface area (Å²) in [7, 11) is 0. The number of hydrogen-bond acceptors (Lipinski definition) is 3. The maximum absolute atomic E-state index is 12.6. The van der Waals surface area contributed by atoms with E-state index in [1.165, 1.54) is 0 Å². The minimum atomic E-state index is -0.781. The van der Waals surface area contributed by atoms with Crippen molar-refractivity contribution in [2.24, 2.45) is 5.92 Å². The molecule has 4 nitrogen and oxygen atoms in total. The zero-order chi connectivity index (χ0) is 14.4. The molecule has 2 amide bonds. The molecule has 19 heavy (non-hydrogen) atoms. The van der Waals surface area contributed by atoms with Crippen molar-refractivity contribution >= 4 is 23.6 Å². The Labute approximate surface area is 119 Å². The van der Waals surface area contributed by atoms with Gasteiger partial charge in [-0.25, -0.2) is 0 Å². The van der Waals surface area contributed by atoms with Gasteiger partial charge >= 0.3 is 0 Å². The molecule has 1 aliphatic carbocycles. The van der Waals surface area contributed by atoms with Gasteiger partial charge in [0.25, 0.3) is 0 Å². The molecule has 0 bridgehead atoms. The highest BCUT2D eigenvalue weighted by Gasteiger charge is 2.52. The largest absolute Gasteiger partial charge is 0.340 e. The Morgan fingerprint density at radius 2 is 1.95 bits per heavy atom. The summed E-state index contributed by atoms with van der Waals surface area (Å²) < 4.78 is 0.191. The van der Waals surface area contributed by atoms with Gasteiger partial charge < -0.3 is 10.2 Å². The number of piperazine rings is 1. The monoisotopic (exact) mass is 284 g/mol. The molecule has 1 saturated heterocycles. The van der Waals surface area contributed by atoms with Crippen molar-refractivity contribution in [3.8, 4) is 0 Å². The average Bonchev–Trinajstić information content (AvgIpc) is 3.05. The number of nitrogens with one attached hydrogen (secondary N) is 1. The zero-order valence-electron chi connectivity index (χ0n) is 12.4. The first-order chi connectivity index (χ1) is 8.72. The van der Waals surface area contributed by atoms with E-state index in [1.54, 1.807) is 13.8 Å². The number of amides is 2. The Bertz CT molecular complexity index is 402. The van der Waals surface area contributed by atoms with Gasteiger partial charge in [0, 0.05) is 11.3 Å². The Morgan fingerprint density at radius 1 is 1.37 bits per heavy atom. The molecular formula is C14H24N2O2S. The Hall–Kier alpha value is -0.710. The molecule has 0 spiro atoms. The number of carbonyl (C=O) groups excluding carboxylic acids is 2. The topological polar surface area (TPSA) is 49.4 Å². The highest BCUT2D eigenvalue weighted by Crippen LogP contribution is 2.48. The molecule has 2 fully saturated rings. The third kappa shape index (κ3) is 2.62. The lowest BCUT2D eigenvalue weighted by Gasteiger charge is -2.45. The molecule has 1 saturated carbocycles. The molecule has 1 aliphatic heterocycles. The predicted octanol–water partition coefficient (Wildman–Crippen LogP) is 1.64. The van der Waals surface area contributed by atoms with Crippen molar-refractivity contribution < 1.29 is 9.59 Å². The van der Waals surface area contributed by atoms with Gasteiger partial charge in [0.2, 0.25) is 11.8 Å². The van der Waals surface area contributed by atoms with Crippen LogP contribution in [0.5, 0.6) is 0 Å². The molecule has 0 aromatic carbocycles. The van der Waals surface area contributed by atoms with Gasteiger partial charge in [-0.05, 0) is 38.9 Å². The first kappa shape index (κ1) is 14.7. The molecule has 1 heterocycles. The molecule has 2 rings (SSSR count). The summed E-state index contributed by atoms with van der Waals surface area (Å²) >= 11 is 1.82. The molecule has 2 aliphatic rings. The minimum Gasteiger partial charge on any atom is -0.340 e. The van der Waals surface area contributed by atoms with Gasteiger partial charge in [-0.15, -0.1) is 0 Å². The lowest BCUT2D eigenvalue weighted by atomic mass is 9.91. The standard InChI is InChI=1S/C14H24N2O2S/c1-9(2)10-11(17)15-13(3,4)12(18)16(10)8-14(19-5)6-7-14/h9-10H,6-8H2,1-5H3,(H,15,17). The van der Waals surface area contributed by atoms with Crippen LogP contribution in [0.25, 0.3) is 0 Å². The lowest BCUT2D eigenvalue weighted by Crippen LogP contribution is -2.70. The van der Waals surface area contributed by atoms with Crippen LogP contribution in [0.1, 0.15) is 40.5 Å². The van der Waals surface area contributed by atoms with Crippen LogP contribution in [0.2, 0.25) is 0 Å². The third-order valence-corrected chi connectivity index (χ3v) is 5.57. The second-order valence-corrected chi connectivity index (χ2v) is 7.90.